The highest BCUT2D eigenvalue weighted by Crippen LogP contribution is 2.19. The van der Waals surface area contributed by atoms with E-state index in [1.165, 1.54) is 0 Å². The van der Waals surface area contributed by atoms with Gasteiger partial charge in [-0.2, -0.15) is 0 Å². The number of hydrogen-bond acceptors (Lipinski definition) is 4. The van der Waals surface area contributed by atoms with Gasteiger partial charge in [0.25, 0.3) is 0 Å². The summed E-state index contributed by atoms with van der Waals surface area (Å²) in [6.07, 6.45) is 2.42. The fourth-order valence-corrected chi connectivity index (χ4v) is 2.50. The van der Waals surface area contributed by atoms with Crippen molar-refractivity contribution in [3.05, 3.63) is 0 Å². The molecule has 0 aromatic rings. The van der Waals surface area contributed by atoms with Gasteiger partial charge in [0.15, 0.2) is 0 Å². The van der Waals surface area contributed by atoms with E-state index in [4.69, 9.17) is 10.5 Å². The van der Waals surface area contributed by atoms with Gasteiger partial charge in [0.05, 0.1) is 6.10 Å². The molecule has 0 bridgehead atoms. The van der Waals surface area contributed by atoms with Crippen LogP contribution in [0.4, 0.5) is 0 Å². The molecule has 0 aromatic carbocycles. The number of ether oxygens (including phenoxy) is 1. The first-order valence-corrected chi connectivity index (χ1v) is 6.50. The molecule has 2 fully saturated rings. The summed E-state index contributed by atoms with van der Waals surface area (Å²) in [5.74, 6) is 0.0690. The van der Waals surface area contributed by atoms with Gasteiger partial charge in [0, 0.05) is 32.6 Å². The first-order chi connectivity index (χ1) is 8.60. The Morgan fingerprint density at radius 3 is 2.79 bits per heavy atom. The van der Waals surface area contributed by atoms with Gasteiger partial charge in [0.1, 0.15) is 6.10 Å². The van der Waals surface area contributed by atoms with Crippen molar-refractivity contribution in [3.63, 3.8) is 0 Å². The van der Waals surface area contributed by atoms with Gasteiger partial charge in [-0.3, -0.25) is 9.59 Å². The van der Waals surface area contributed by atoms with E-state index in [0.29, 0.717) is 25.9 Å². The zero-order valence-corrected chi connectivity index (χ0v) is 11.9. The van der Waals surface area contributed by atoms with Crippen molar-refractivity contribution in [2.45, 2.75) is 43.9 Å². The standard InChI is InChI=1S/C12H21N3O3.ClH/c1-15-7-8(2-5-11(15)16)14-12(17)10-4-3-9(6-13)18-10;/h8-10H,2-7,13H2,1H3,(H,14,17);1H/t8?,9-,10+;/m1./s1. The van der Waals surface area contributed by atoms with Crippen LogP contribution in [0.3, 0.4) is 0 Å². The van der Waals surface area contributed by atoms with Crippen molar-refractivity contribution in [1.82, 2.24) is 10.2 Å². The summed E-state index contributed by atoms with van der Waals surface area (Å²) in [4.78, 5) is 25.0. The number of hydrogen-bond donors (Lipinski definition) is 2. The van der Waals surface area contributed by atoms with E-state index in [1.807, 2.05) is 0 Å². The SMILES string of the molecule is CN1CC(NC(=O)[C@@H]2CC[C@H](CN)O2)CCC1=O.Cl. The molecule has 0 spiro atoms. The van der Waals surface area contributed by atoms with E-state index in [1.54, 1.807) is 11.9 Å². The van der Waals surface area contributed by atoms with E-state index >= 15 is 0 Å². The highest BCUT2D eigenvalue weighted by Gasteiger charge is 2.32. The largest absolute Gasteiger partial charge is 0.364 e. The number of likely N-dealkylation sites (N-methyl/N-ethyl adjacent to an activating group) is 1. The van der Waals surface area contributed by atoms with E-state index in [0.717, 1.165) is 12.8 Å². The van der Waals surface area contributed by atoms with Crippen LogP contribution in [-0.4, -0.2) is 55.1 Å². The van der Waals surface area contributed by atoms with E-state index in [2.05, 4.69) is 5.32 Å². The summed E-state index contributed by atoms with van der Waals surface area (Å²) in [5.41, 5.74) is 5.51. The first kappa shape index (κ1) is 16.2. The molecule has 3 atom stereocenters. The molecule has 2 aliphatic heterocycles. The Bertz CT molecular complexity index is 340. The van der Waals surface area contributed by atoms with Gasteiger partial charge in [-0.05, 0) is 19.3 Å². The maximum absolute atomic E-state index is 12.0. The molecule has 2 saturated heterocycles. The van der Waals surface area contributed by atoms with Crippen molar-refractivity contribution in [2.75, 3.05) is 20.1 Å². The minimum atomic E-state index is -0.374. The zero-order valence-electron chi connectivity index (χ0n) is 11.1. The normalized spacial score (nSPS) is 30.9. The van der Waals surface area contributed by atoms with Crippen LogP contribution in [0.5, 0.6) is 0 Å². The highest BCUT2D eigenvalue weighted by molar-refractivity contribution is 5.85. The number of likely N-dealkylation sites (tertiary alicyclic amines) is 1. The van der Waals surface area contributed by atoms with Crippen LogP contribution in [0, 0.1) is 0 Å². The molecule has 6 nitrogen and oxygen atoms in total. The summed E-state index contributed by atoms with van der Waals surface area (Å²) in [7, 11) is 1.76. The lowest BCUT2D eigenvalue weighted by Gasteiger charge is -2.30. The Morgan fingerprint density at radius 1 is 1.47 bits per heavy atom. The van der Waals surface area contributed by atoms with Crippen LogP contribution in [0.25, 0.3) is 0 Å². The second-order valence-electron chi connectivity index (χ2n) is 5.08. The number of rotatable bonds is 3. The molecule has 2 amide bonds. The molecular weight excluding hydrogens is 270 g/mol. The van der Waals surface area contributed by atoms with Gasteiger partial charge >= 0.3 is 0 Å². The van der Waals surface area contributed by atoms with Gasteiger partial charge in [0.2, 0.25) is 11.8 Å². The third-order valence-electron chi connectivity index (χ3n) is 3.64. The molecular formula is C12H22ClN3O3. The number of nitrogens with zero attached hydrogens (tertiary/aromatic N) is 1. The molecule has 19 heavy (non-hydrogen) atoms. The number of carbonyl (C=O) groups is 2. The Labute approximate surface area is 119 Å². The van der Waals surface area contributed by atoms with Crippen LogP contribution in [0.1, 0.15) is 25.7 Å². The third kappa shape index (κ3) is 4.06. The lowest BCUT2D eigenvalue weighted by Crippen LogP contribution is -2.50. The first-order valence-electron chi connectivity index (χ1n) is 6.50. The molecule has 7 heteroatoms. The number of piperidine rings is 1. The molecule has 0 aromatic heterocycles. The van der Waals surface area contributed by atoms with Crippen molar-refractivity contribution in [2.24, 2.45) is 5.73 Å². The lowest BCUT2D eigenvalue weighted by atomic mass is 10.1. The predicted octanol–water partition coefficient (Wildman–Crippen LogP) is -0.348. The molecule has 2 heterocycles. The van der Waals surface area contributed by atoms with Gasteiger partial charge < -0.3 is 20.7 Å². The van der Waals surface area contributed by atoms with Crippen molar-refractivity contribution in [1.29, 1.82) is 0 Å². The average molecular weight is 292 g/mol. The molecule has 2 rings (SSSR count). The molecule has 0 saturated carbocycles. The summed E-state index contributed by atoms with van der Waals surface area (Å²) in [6, 6.07) is 0.0423. The Hall–Kier alpha value is -0.850. The molecule has 2 aliphatic rings. The minimum absolute atomic E-state index is 0. The van der Waals surface area contributed by atoms with E-state index in [9.17, 15) is 9.59 Å². The molecule has 0 aliphatic carbocycles. The molecule has 3 N–H and O–H groups in total. The summed E-state index contributed by atoms with van der Waals surface area (Å²) in [6.45, 7) is 1.04. The fraction of sp³-hybridized carbons (Fsp3) is 0.833. The van der Waals surface area contributed by atoms with Crippen LogP contribution >= 0.6 is 12.4 Å². The van der Waals surface area contributed by atoms with Crippen LogP contribution in [-0.2, 0) is 14.3 Å². The van der Waals surface area contributed by atoms with Crippen LogP contribution in [0.2, 0.25) is 0 Å². The minimum Gasteiger partial charge on any atom is -0.364 e. The maximum Gasteiger partial charge on any atom is 0.249 e. The van der Waals surface area contributed by atoms with Crippen molar-refractivity contribution < 1.29 is 14.3 Å². The number of carbonyl (C=O) groups excluding carboxylic acids is 2. The third-order valence-corrected chi connectivity index (χ3v) is 3.64. The smallest absolute Gasteiger partial charge is 0.249 e. The predicted molar refractivity (Wildman–Crippen MR) is 73.0 cm³/mol. The van der Waals surface area contributed by atoms with Crippen molar-refractivity contribution >= 4 is 24.2 Å². The maximum atomic E-state index is 12.0. The van der Waals surface area contributed by atoms with Crippen molar-refractivity contribution in [3.8, 4) is 0 Å². The summed E-state index contributed by atoms with van der Waals surface area (Å²) < 4.78 is 5.54. The van der Waals surface area contributed by atoms with E-state index < -0.39 is 0 Å². The van der Waals surface area contributed by atoms with Gasteiger partial charge in [-0.15, -0.1) is 12.4 Å². The number of nitrogens with two attached hydrogens (primary N) is 1. The van der Waals surface area contributed by atoms with Crippen LogP contribution in [0.15, 0.2) is 0 Å². The number of nitrogens with one attached hydrogen (secondary N) is 1. The monoisotopic (exact) mass is 291 g/mol. The second kappa shape index (κ2) is 7.07. The quantitative estimate of drug-likeness (QED) is 0.744. The molecule has 110 valence electrons. The molecule has 0 radical (unpaired) electrons. The number of amides is 2. The summed E-state index contributed by atoms with van der Waals surface area (Å²) >= 11 is 0. The van der Waals surface area contributed by atoms with Crippen LogP contribution < -0.4 is 11.1 Å². The molecule has 1 unspecified atom stereocenters. The highest BCUT2D eigenvalue weighted by atomic mass is 35.5. The average Bonchev–Trinajstić information content (AvgIpc) is 2.82. The second-order valence-corrected chi connectivity index (χ2v) is 5.08. The Morgan fingerprint density at radius 2 is 2.21 bits per heavy atom. The Balaban J connectivity index is 0.00000180. The Kier molecular flexibility index (Phi) is 6.03. The zero-order chi connectivity index (χ0) is 13.1. The van der Waals surface area contributed by atoms with Gasteiger partial charge in [-0.1, -0.05) is 0 Å². The fourth-order valence-electron chi connectivity index (χ4n) is 2.50. The number of halogens is 1. The van der Waals surface area contributed by atoms with Gasteiger partial charge in [-0.25, -0.2) is 0 Å². The topological polar surface area (TPSA) is 84.7 Å². The van der Waals surface area contributed by atoms with E-state index in [-0.39, 0.29) is 42.5 Å². The lowest BCUT2D eigenvalue weighted by molar-refractivity contribution is -0.137. The summed E-state index contributed by atoms with van der Waals surface area (Å²) in [5, 5.41) is 2.96.